The predicted octanol–water partition coefficient (Wildman–Crippen LogP) is 3.72. The highest BCUT2D eigenvalue weighted by Crippen LogP contribution is 2.17. The molecular weight excluding hydrogens is 158 g/mol. The summed E-state index contributed by atoms with van der Waals surface area (Å²) in [5.74, 6) is 0. The summed E-state index contributed by atoms with van der Waals surface area (Å²) < 4.78 is 0. The second kappa shape index (κ2) is 5.31. The summed E-state index contributed by atoms with van der Waals surface area (Å²) in [7, 11) is 0. The van der Waals surface area contributed by atoms with Gasteiger partial charge in [-0.15, -0.1) is 0 Å². The van der Waals surface area contributed by atoms with Crippen molar-refractivity contribution in [2.75, 3.05) is 6.54 Å². The van der Waals surface area contributed by atoms with Gasteiger partial charge in [0.15, 0.2) is 0 Å². The molecule has 0 radical (unpaired) electrons. The quantitative estimate of drug-likeness (QED) is 0.700. The van der Waals surface area contributed by atoms with E-state index in [4.69, 9.17) is 0 Å². The van der Waals surface area contributed by atoms with E-state index in [1.165, 1.54) is 17.7 Å². The molecule has 0 aliphatic carbocycles. The topological polar surface area (TPSA) is 12.0 Å². The van der Waals surface area contributed by atoms with Crippen LogP contribution in [0.5, 0.6) is 0 Å². The molecule has 0 aliphatic rings. The first kappa shape index (κ1) is 12.5. The Labute approximate surface area is 83.6 Å². The second-order valence-corrected chi connectivity index (χ2v) is 5.00. The molecule has 0 unspecified atom stereocenters. The third kappa shape index (κ3) is 6.68. The Morgan fingerprint density at radius 2 is 1.69 bits per heavy atom. The number of allylic oxidation sites excluding steroid dienone is 2. The molecule has 0 spiro atoms. The molecule has 0 saturated heterocycles. The summed E-state index contributed by atoms with van der Waals surface area (Å²) in [5.41, 5.74) is 3.26. The first-order valence-electron chi connectivity index (χ1n) is 5.27. The second-order valence-electron chi connectivity index (χ2n) is 5.00. The van der Waals surface area contributed by atoms with E-state index in [0.29, 0.717) is 5.41 Å². The molecule has 1 nitrogen and oxygen atoms in total. The Hall–Kier alpha value is -0.460. The number of hydrogen-bond acceptors (Lipinski definition) is 1. The van der Waals surface area contributed by atoms with Gasteiger partial charge in [-0.05, 0) is 32.1 Å². The molecule has 1 heteroatoms. The Balaban J connectivity index is 3.78. The zero-order valence-corrected chi connectivity index (χ0v) is 10.1. The molecule has 0 bridgehead atoms. The van der Waals surface area contributed by atoms with Gasteiger partial charge < -0.3 is 5.32 Å². The van der Waals surface area contributed by atoms with E-state index in [1.54, 1.807) is 0 Å². The zero-order valence-electron chi connectivity index (χ0n) is 10.1. The average molecular weight is 183 g/mol. The van der Waals surface area contributed by atoms with Gasteiger partial charge >= 0.3 is 0 Å². The third-order valence-electron chi connectivity index (χ3n) is 2.44. The van der Waals surface area contributed by atoms with Crippen LogP contribution < -0.4 is 5.32 Å². The Morgan fingerprint density at radius 3 is 2.08 bits per heavy atom. The third-order valence-corrected chi connectivity index (χ3v) is 2.44. The summed E-state index contributed by atoms with van der Waals surface area (Å²) in [5, 5.41) is 3.47. The summed E-state index contributed by atoms with van der Waals surface area (Å²) >= 11 is 0. The van der Waals surface area contributed by atoms with E-state index in [9.17, 15) is 0 Å². The Morgan fingerprint density at radius 1 is 1.15 bits per heavy atom. The van der Waals surface area contributed by atoms with Crippen molar-refractivity contribution in [3.05, 3.63) is 11.3 Å². The average Bonchev–Trinajstić information content (AvgIpc) is 2.00. The number of hydrogen-bond donors (Lipinski definition) is 1. The van der Waals surface area contributed by atoms with Crippen LogP contribution in [0, 0.1) is 5.41 Å². The van der Waals surface area contributed by atoms with Gasteiger partial charge in [0, 0.05) is 12.2 Å². The smallest absolute Gasteiger partial charge is 0.0148 e. The molecule has 0 aromatic rings. The minimum absolute atomic E-state index is 0.438. The van der Waals surface area contributed by atoms with Crippen molar-refractivity contribution in [2.45, 2.75) is 54.4 Å². The lowest BCUT2D eigenvalue weighted by Crippen LogP contribution is -2.19. The molecule has 0 aromatic carbocycles. The van der Waals surface area contributed by atoms with Crippen LogP contribution in [-0.4, -0.2) is 6.54 Å². The first-order valence-corrected chi connectivity index (χ1v) is 5.27. The van der Waals surface area contributed by atoms with E-state index >= 15 is 0 Å². The lowest BCUT2D eigenvalue weighted by atomic mass is 9.92. The fourth-order valence-electron chi connectivity index (χ4n) is 1.04. The molecule has 0 fully saturated rings. The summed E-state index contributed by atoms with van der Waals surface area (Å²) in [6, 6.07) is 0. The maximum Gasteiger partial charge on any atom is 0.0148 e. The van der Waals surface area contributed by atoms with Gasteiger partial charge in [0.1, 0.15) is 0 Å². The molecule has 13 heavy (non-hydrogen) atoms. The van der Waals surface area contributed by atoms with Crippen molar-refractivity contribution in [1.29, 1.82) is 0 Å². The number of rotatable bonds is 4. The van der Waals surface area contributed by atoms with E-state index in [2.05, 4.69) is 46.9 Å². The predicted molar refractivity (Wildman–Crippen MR) is 60.7 cm³/mol. The Bertz CT molecular complexity index is 172. The van der Waals surface area contributed by atoms with Crippen molar-refractivity contribution in [3.63, 3.8) is 0 Å². The van der Waals surface area contributed by atoms with Crippen LogP contribution in [0.15, 0.2) is 11.3 Å². The van der Waals surface area contributed by atoms with E-state index in [1.807, 2.05) is 0 Å². The van der Waals surface area contributed by atoms with E-state index in [0.717, 1.165) is 13.0 Å². The molecule has 0 aliphatic heterocycles. The van der Waals surface area contributed by atoms with Crippen molar-refractivity contribution < 1.29 is 0 Å². The van der Waals surface area contributed by atoms with Crippen LogP contribution >= 0.6 is 0 Å². The standard InChI is InChI=1S/C12H25N/c1-7-10(2)11(3)13-9-8-12(4,5)6/h13H,7-9H2,1-6H3/b11-10-. The molecule has 0 aromatic heterocycles. The minimum atomic E-state index is 0.438. The van der Waals surface area contributed by atoms with Gasteiger partial charge in [-0.3, -0.25) is 0 Å². The van der Waals surface area contributed by atoms with Crippen LogP contribution in [0.4, 0.5) is 0 Å². The molecule has 0 saturated carbocycles. The zero-order chi connectivity index (χ0) is 10.5. The molecule has 0 amide bonds. The van der Waals surface area contributed by atoms with Crippen molar-refractivity contribution >= 4 is 0 Å². The highest BCUT2D eigenvalue weighted by atomic mass is 14.9. The van der Waals surface area contributed by atoms with Gasteiger partial charge in [-0.25, -0.2) is 0 Å². The van der Waals surface area contributed by atoms with Crippen molar-refractivity contribution in [3.8, 4) is 0 Å². The lowest BCUT2D eigenvalue weighted by molar-refractivity contribution is 0.373. The Kier molecular flexibility index (Phi) is 5.12. The highest BCUT2D eigenvalue weighted by molar-refractivity contribution is 5.06. The first-order chi connectivity index (χ1) is 5.87. The number of nitrogens with one attached hydrogen (secondary N) is 1. The fourth-order valence-corrected chi connectivity index (χ4v) is 1.04. The fraction of sp³-hybridized carbons (Fsp3) is 0.833. The molecule has 0 atom stereocenters. The monoisotopic (exact) mass is 183 g/mol. The SMILES string of the molecule is CC/C(C)=C(/C)NCCC(C)(C)C. The molecular formula is C12H25N. The lowest BCUT2D eigenvalue weighted by Gasteiger charge is -2.19. The molecule has 0 rings (SSSR count). The summed E-state index contributed by atoms with van der Waals surface area (Å²) in [4.78, 5) is 0. The van der Waals surface area contributed by atoms with Crippen LogP contribution in [0.2, 0.25) is 0 Å². The van der Waals surface area contributed by atoms with Crippen LogP contribution in [0.3, 0.4) is 0 Å². The summed E-state index contributed by atoms with van der Waals surface area (Å²) in [6.45, 7) is 14.5. The molecule has 0 heterocycles. The molecule has 78 valence electrons. The maximum atomic E-state index is 3.47. The van der Waals surface area contributed by atoms with Crippen LogP contribution in [0.1, 0.15) is 54.4 Å². The van der Waals surface area contributed by atoms with Crippen molar-refractivity contribution in [1.82, 2.24) is 5.32 Å². The largest absolute Gasteiger partial charge is 0.389 e. The van der Waals surface area contributed by atoms with Crippen LogP contribution in [0.25, 0.3) is 0 Å². The molecule has 1 N–H and O–H groups in total. The van der Waals surface area contributed by atoms with Gasteiger partial charge in [-0.2, -0.15) is 0 Å². The van der Waals surface area contributed by atoms with Gasteiger partial charge in [0.05, 0.1) is 0 Å². The minimum Gasteiger partial charge on any atom is -0.389 e. The summed E-state index contributed by atoms with van der Waals surface area (Å²) in [6.07, 6.45) is 2.37. The van der Waals surface area contributed by atoms with Gasteiger partial charge in [-0.1, -0.05) is 33.3 Å². The van der Waals surface area contributed by atoms with Crippen molar-refractivity contribution in [2.24, 2.45) is 5.41 Å². The van der Waals surface area contributed by atoms with Gasteiger partial charge in [0.25, 0.3) is 0 Å². The normalized spacial score (nSPS) is 14.0. The maximum absolute atomic E-state index is 3.47. The van der Waals surface area contributed by atoms with E-state index in [-0.39, 0.29) is 0 Å². The van der Waals surface area contributed by atoms with E-state index < -0.39 is 0 Å². The van der Waals surface area contributed by atoms with Gasteiger partial charge in [0.2, 0.25) is 0 Å². The highest BCUT2D eigenvalue weighted by Gasteiger charge is 2.08. The van der Waals surface area contributed by atoms with Crippen LogP contribution in [-0.2, 0) is 0 Å².